The van der Waals surface area contributed by atoms with Crippen LogP contribution in [-0.4, -0.2) is 48.3 Å². The van der Waals surface area contributed by atoms with E-state index in [1.54, 1.807) is 15.6 Å². The van der Waals surface area contributed by atoms with Gasteiger partial charge in [-0.2, -0.15) is 0 Å². The number of hydrogen-bond donors (Lipinski definition) is 0. The van der Waals surface area contributed by atoms with Gasteiger partial charge < -0.3 is 19.1 Å². The summed E-state index contributed by atoms with van der Waals surface area (Å²) in [5.41, 5.74) is 1.09. The maximum absolute atomic E-state index is 15.3. The number of carbonyl (C=O) groups excluding carboxylic acids is 2. The highest BCUT2D eigenvalue weighted by Gasteiger charge is 2.51. The highest BCUT2D eigenvalue weighted by atomic mass is 32.2. The molecule has 2 aliphatic heterocycles. The first-order valence-corrected chi connectivity index (χ1v) is 14.7. The Balaban J connectivity index is 1.41. The number of pyridine rings is 1. The third kappa shape index (κ3) is 4.22. The van der Waals surface area contributed by atoms with Gasteiger partial charge in [0.1, 0.15) is 6.67 Å². The molecule has 3 saturated carbocycles. The molecule has 9 nitrogen and oxygen atoms in total. The minimum Gasteiger partial charge on any atom is -0.451 e. The fourth-order valence-corrected chi connectivity index (χ4v) is 7.95. The summed E-state index contributed by atoms with van der Waals surface area (Å²) in [5, 5.41) is 1.90. The van der Waals surface area contributed by atoms with E-state index in [1.807, 2.05) is 29.3 Å². The average molecular weight is 596 g/mol. The number of aromatic nitrogens is 1. The first kappa shape index (κ1) is 26.8. The Morgan fingerprint density at radius 3 is 2.62 bits per heavy atom. The van der Waals surface area contributed by atoms with Crippen molar-refractivity contribution in [3.8, 4) is 5.75 Å². The zero-order chi connectivity index (χ0) is 29.1. The van der Waals surface area contributed by atoms with Crippen molar-refractivity contribution in [2.24, 2.45) is 11.8 Å². The van der Waals surface area contributed by atoms with Crippen LogP contribution in [0.5, 0.6) is 5.75 Å². The van der Waals surface area contributed by atoms with Gasteiger partial charge in [0.15, 0.2) is 17.3 Å². The number of rotatable bonds is 5. The smallest absolute Gasteiger partial charge is 0.451 e. The van der Waals surface area contributed by atoms with Crippen LogP contribution in [0.3, 0.4) is 0 Å². The molecule has 5 aliphatic rings. The van der Waals surface area contributed by atoms with Crippen molar-refractivity contribution in [2.75, 3.05) is 25.6 Å². The van der Waals surface area contributed by atoms with E-state index in [4.69, 9.17) is 9.47 Å². The van der Waals surface area contributed by atoms with Gasteiger partial charge in [0.25, 0.3) is 5.91 Å². The lowest BCUT2D eigenvalue weighted by atomic mass is 9.84. The van der Waals surface area contributed by atoms with E-state index < -0.39 is 36.1 Å². The van der Waals surface area contributed by atoms with Crippen molar-refractivity contribution in [3.63, 3.8) is 0 Å². The Bertz CT molecular complexity index is 1660. The minimum absolute atomic E-state index is 0.0233. The summed E-state index contributed by atoms with van der Waals surface area (Å²) in [6.45, 7) is -0.487. The molecule has 3 aromatic rings. The third-order valence-corrected chi connectivity index (χ3v) is 9.94. The zero-order valence-corrected chi connectivity index (χ0v) is 23.4. The summed E-state index contributed by atoms with van der Waals surface area (Å²) in [6, 6.07) is 11.0. The number of nitrogens with zero attached hydrogens (tertiary/aromatic N) is 3. The third-order valence-electron chi connectivity index (χ3n) is 8.82. The SMILES string of the molecule is COC(=O)OCOc1c2n(ccc1=O)N([C@@H]1c3ccccc3SCc3c1ccc(F)c3F)CN(C1CC3CC1C3)C2=O. The molecule has 3 fully saturated rings. The van der Waals surface area contributed by atoms with Gasteiger partial charge in [-0.1, -0.05) is 24.3 Å². The predicted molar refractivity (Wildman–Crippen MR) is 148 cm³/mol. The first-order valence-electron chi connectivity index (χ1n) is 13.7. The maximum Gasteiger partial charge on any atom is 0.510 e. The molecule has 1 aromatic heterocycles. The van der Waals surface area contributed by atoms with Crippen molar-refractivity contribution in [2.45, 2.75) is 42.0 Å². The summed E-state index contributed by atoms with van der Waals surface area (Å²) < 4.78 is 46.3. The van der Waals surface area contributed by atoms with Crippen LogP contribution in [0.1, 0.15) is 52.5 Å². The molecular weight excluding hydrogens is 568 g/mol. The summed E-state index contributed by atoms with van der Waals surface area (Å²) in [5.74, 6) is -1.34. The molecule has 3 heterocycles. The van der Waals surface area contributed by atoms with Crippen molar-refractivity contribution < 1.29 is 32.6 Å². The van der Waals surface area contributed by atoms with Crippen LogP contribution in [0.2, 0.25) is 0 Å². The molecule has 1 unspecified atom stereocenters. The van der Waals surface area contributed by atoms with Gasteiger partial charge >= 0.3 is 6.16 Å². The van der Waals surface area contributed by atoms with Gasteiger partial charge in [0.05, 0.1) is 13.2 Å². The normalized spacial score (nSPS) is 23.7. The predicted octanol–water partition coefficient (Wildman–Crippen LogP) is 4.79. The lowest BCUT2D eigenvalue weighted by Crippen LogP contribution is -2.58. The van der Waals surface area contributed by atoms with Crippen LogP contribution in [0.4, 0.5) is 13.6 Å². The van der Waals surface area contributed by atoms with Gasteiger partial charge in [-0.15, -0.1) is 11.8 Å². The summed E-state index contributed by atoms with van der Waals surface area (Å²) in [6.07, 6.45) is 3.44. The van der Waals surface area contributed by atoms with Crippen LogP contribution in [0, 0.1) is 23.5 Å². The number of halogens is 2. The van der Waals surface area contributed by atoms with Crippen LogP contribution in [-0.2, 0) is 15.2 Å². The molecule has 0 radical (unpaired) electrons. The molecule has 0 N–H and O–H groups in total. The van der Waals surface area contributed by atoms with Crippen LogP contribution in [0.15, 0.2) is 58.4 Å². The molecular formula is C30H27F2N3O6S. The molecule has 218 valence electrons. The van der Waals surface area contributed by atoms with E-state index in [2.05, 4.69) is 4.74 Å². The number of benzene rings is 2. The summed E-state index contributed by atoms with van der Waals surface area (Å²) >= 11 is 1.42. The monoisotopic (exact) mass is 595 g/mol. The average Bonchev–Trinajstić information content (AvgIpc) is 3.54. The Kier molecular flexibility index (Phi) is 6.60. The topological polar surface area (TPSA) is 90.3 Å². The lowest BCUT2D eigenvalue weighted by Gasteiger charge is -2.46. The number of hydrogen-bond acceptors (Lipinski definition) is 8. The Hall–Kier alpha value is -4.06. The van der Waals surface area contributed by atoms with E-state index in [1.165, 1.54) is 24.0 Å². The fourth-order valence-electron chi connectivity index (χ4n) is 6.84. The zero-order valence-electron chi connectivity index (χ0n) is 22.6. The first-order chi connectivity index (χ1) is 20.4. The second-order valence-electron chi connectivity index (χ2n) is 11.0. The van der Waals surface area contributed by atoms with E-state index in [0.29, 0.717) is 17.4 Å². The lowest BCUT2D eigenvalue weighted by molar-refractivity contribution is 0.0131. The van der Waals surface area contributed by atoms with Crippen molar-refractivity contribution in [1.82, 2.24) is 9.58 Å². The molecule has 1 amide bonds. The van der Waals surface area contributed by atoms with Crippen LogP contribution < -0.4 is 15.2 Å². The molecule has 8 rings (SSSR count). The van der Waals surface area contributed by atoms with Gasteiger partial charge in [-0.05, 0) is 54.4 Å². The molecule has 0 saturated heterocycles. The van der Waals surface area contributed by atoms with Crippen LogP contribution in [0.25, 0.3) is 0 Å². The maximum atomic E-state index is 15.3. The number of ether oxygens (including phenoxy) is 3. The quantitative estimate of drug-likeness (QED) is 0.307. The van der Waals surface area contributed by atoms with E-state index in [0.717, 1.165) is 42.9 Å². The molecule has 2 bridgehead atoms. The van der Waals surface area contributed by atoms with Gasteiger partial charge in [-0.3, -0.25) is 19.3 Å². The summed E-state index contributed by atoms with van der Waals surface area (Å²) in [7, 11) is 1.14. The minimum atomic E-state index is -1.00. The highest BCUT2D eigenvalue weighted by molar-refractivity contribution is 7.98. The second kappa shape index (κ2) is 10.3. The number of amides is 1. The highest BCUT2D eigenvalue weighted by Crippen LogP contribution is 2.52. The molecule has 2 atom stereocenters. The van der Waals surface area contributed by atoms with Gasteiger partial charge in [-0.25, -0.2) is 13.6 Å². The van der Waals surface area contributed by atoms with Crippen molar-refractivity contribution in [3.05, 3.63) is 92.9 Å². The number of carbonyl (C=O) groups is 2. The Morgan fingerprint density at radius 1 is 1.05 bits per heavy atom. The Labute approximate surface area is 243 Å². The van der Waals surface area contributed by atoms with E-state index in [-0.39, 0.29) is 41.4 Å². The van der Waals surface area contributed by atoms with Crippen LogP contribution >= 0.6 is 11.8 Å². The van der Waals surface area contributed by atoms with E-state index >= 15 is 4.39 Å². The van der Waals surface area contributed by atoms with Crippen molar-refractivity contribution >= 4 is 23.8 Å². The van der Waals surface area contributed by atoms with Crippen molar-refractivity contribution in [1.29, 1.82) is 0 Å². The largest absolute Gasteiger partial charge is 0.510 e. The Morgan fingerprint density at radius 2 is 1.86 bits per heavy atom. The number of fused-ring (bicyclic) bond motifs is 4. The molecule has 12 heteroatoms. The van der Waals surface area contributed by atoms with Gasteiger partial charge in [0, 0.05) is 34.5 Å². The molecule has 42 heavy (non-hydrogen) atoms. The standard InChI is InChI=1S/C30H27F2N3O6S/c1-39-30(38)41-15-40-28-23(36)8-9-34-27(28)29(37)33(22-12-16-10-17(22)11-16)14-35(34)26-18-6-7-21(31)25(32)20(18)13-42-24-5-3-2-4-19(24)26/h2-9,16-17,22,26H,10-15H2,1H3/t16?,17?,22?,26-/m0/s1. The second-order valence-corrected chi connectivity index (χ2v) is 12.0. The van der Waals surface area contributed by atoms with E-state index in [9.17, 15) is 18.8 Å². The molecule has 2 aromatic carbocycles. The molecule has 3 aliphatic carbocycles. The number of thioether (sulfide) groups is 1. The number of methoxy groups -OCH3 is 1. The van der Waals surface area contributed by atoms with Gasteiger partial charge in [0.2, 0.25) is 18.0 Å². The summed E-state index contributed by atoms with van der Waals surface area (Å²) in [4.78, 5) is 41.5. The molecule has 0 spiro atoms. The fraction of sp³-hybridized carbons (Fsp3) is 0.367.